The number of rotatable bonds is 12. The fraction of sp³-hybridized carbons (Fsp3) is 0.500. The molecule has 3 rings (SSSR count). The lowest BCUT2D eigenvalue weighted by Gasteiger charge is -2.07. The quantitative estimate of drug-likeness (QED) is 0.263. The summed E-state index contributed by atoms with van der Waals surface area (Å²) in [6, 6.07) is 3.54. The first-order chi connectivity index (χ1) is 15.1. The summed E-state index contributed by atoms with van der Waals surface area (Å²) >= 11 is 2.93. The second-order valence-electron chi connectivity index (χ2n) is 7.42. The molecule has 3 heterocycles. The third-order valence-electron chi connectivity index (χ3n) is 4.98. The summed E-state index contributed by atoms with van der Waals surface area (Å²) in [6.45, 7) is 6.03. The van der Waals surface area contributed by atoms with Crippen LogP contribution in [-0.2, 0) is 12.2 Å². The Morgan fingerprint density at radius 3 is 2.74 bits per heavy atom. The van der Waals surface area contributed by atoms with Gasteiger partial charge in [0.15, 0.2) is 0 Å². The minimum Gasteiger partial charge on any atom is -0.361 e. The Morgan fingerprint density at radius 1 is 1.16 bits per heavy atom. The molecule has 0 bridgehead atoms. The summed E-state index contributed by atoms with van der Waals surface area (Å²) in [4.78, 5) is 17.2. The molecule has 0 aliphatic carbocycles. The molecule has 0 aromatic carbocycles. The van der Waals surface area contributed by atoms with E-state index in [-0.39, 0.29) is 5.91 Å². The van der Waals surface area contributed by atoms with Gasteiger partial charge in [0, 0.05) is 23.9 Å². The Bertz CT molecular complexity index is 966. The van der Waals surface area contributed by atoms with Gasteiger partial charge in [0.05, 0.1) is 11.3 Å². The fourth-order valence-corrected chi connectivity index (χ4v) is 5.07. The van der Waals surface area contributed by atoms with Crippen molar-refractivity contribution in [2.75, 3.05) is 5.32 Å². The van der Waals surface area contributed by atoms with E-state index < -0.39 is 0 Å². The number of anilines is 1. The number of thioether (sulfide) groups is 1. The predicted octanol–water partition coefficient (Wildman–Crippen LogP) is 5.99. The van der Waals surface area contributed by atoms with E-state index in [1.165, 1.54) is 55.2 Å². The van der Waals surface area contributed by atoms with Crippen LogP contribution in [0.3, 0.4) is 0 Å². The Morgan fingerprint density at radius 2 is 1.97 bits per heavy atom. The molecule has 31 heavy (non-hydrogen) atoms. The van der Waals surface area contributed by atoms with Crippen molar-refractivity contribution in [1.29, 1.82) is 0 Å². The fourth-order valence-electron chi connectivity index (χ4n) is 3.15. The van der Waals surface area contributed by atoms with Crippen molar-refractivity contribution < 1.29 is 9.32 Å². The van der Waals surface area contributed by atoms with Crippen LogP contribution in [-0.4, -0.2) is 26.2 Å². The van der Waals surface area contributed by atoms with Gasteiger partial charge in [0.25, 0.3) is 5.91 Å². The smallest absolute Gasteiger partial charge is 0.260 e. The van der Waals surface area contributed by atoms with Gasteiger partial charge in [-0.25, -0.2) is 4.98 Å². The van der Waals surface area contributed by atoms with Crippen LogP contribution in [0.25, 0.3) is 0 Å². The van der Waals surface area contributed by atoms with Gasteiger partial charge in [-0.1, -0.05) is 55.5 Å². The van der Waals surface area contributed by atoms with Gasteiger partial charge in [-0.2, -0.15) is 0 Å². The lowest BCUT2D eigenvalue weighted by atomic mass is 10.1. The molecular weight excluding hydrogens is 430 g/mol. The van der Waals surface area contributed by atoms with Gasteiger partial charge < -0.3 is 4.52 Å². The van der Waals surface area contributed by atoms with Crippen molar-refractivity contribution >= 4 is 34.1 Å². The number of carbonyl (C=O) groups excluding carboxylic acids is 1. The van der Waals surface area contributed by atoms with Gasteiger partial charge >= 0.3 is 0 Å². The monoisotopic (exact) mass is 459 g/mol. The van der Waals surface area contributed by atoms with Crippen LogP contribution in [0.4, 0.5) is 5.13 Å². The number of carbonyl (C=O) groups is 1. The SMILES string of the molecule is CCCCCCCCc1nnc(NC(=O)c2cccnc2SCc2c(C)noc2C)s1. The van der Waals surface area contributed by atoms with Crippen LogP contribution in [0, 0.1) is 13.8 Å². The highest BCUT2D eigenvalue weighted by Crippen LogP contribution is 2.28. The minimum atomic E-state index is -0.225. The van der Waals surface area contributed by atoms with E-state index in [2.05, 4.69) is 32.6 Å². The molecule has 1 N–H and O–H groups in total. The topological polar surface area (TPSA) is 93.8 Å². The number of nitrogens with zero attached hydrogens (tertiary/aromatic N) is 4. The summed E-state index contributed by atoms with van der Waals surface area (Å²) in [5.41, 5.74) is 2.41. The van der Waals surface area contributed by atoms with Crippen LogP contribution in [0.15, 0.2) is 27.9 Å². The maximum absolute atomic E-state index is 12.8. The summed E-state index contributed by atoms with van der Waals surface area (Å²) in [6.07, 6.45) is 10.1. The number of unbranched alkanes of at least 4 members (excludes halogenated alkanes) is 5. The number of hydrogen-bond acceptors (Lipinski definition) is 8. The molecule has 3 aromatic rings. The van der Waals surface area contributed by atoms with Crippen LogP contribution < -0.4 is 5.32 Å². The zero-order valence-corrected chi connectivity index (χ0v) is 19.9. The summed E-state index contributed by atoms with van der Waals surface area (Å²) < 4.78 is 5.22. The molecule has 1 amide bonds. The van der Waals surface area contributed by atoms with Crippen molar-refractivity contribution in [2.45, 2.75) is 76.5 Å². The van der Waals surface area contributed by atoms with Crippen LogP contribution in [0.1, 0.15) is 77.8 Å². The molecule has 0 aliphatic rings. The van der Waals surface area contributed by atoms with E-state index in [4.69, 9.17) is 4.52 Å². The van der Waals surface area contributed by atoms with E-state index in [0.29, 0.717) is 21.5 Å². The second-order valence-corrected chi connectivity index (χ2v) is 9.45. The Hall–Kier alpha value is -2.26. The minimum absolute atomic E-state index is 0.225. The number of amides is 1. The predicted molar refractivity (Wildman–Crippen MR) is 125 cm³/mol. The van der Waals surface area contributed by atoms with Crippen molar-refractivity contribution in [3.05, 3.63) is 45.9 Å². The van der Waals surface area contributed by atoms with Gasteiger partial charge in [-0.3, -0.25) is 10.1 Å². The second kappa shape index (κ2) is 12.0. The van der Waals surface area contributed by atoms with Crippen molar-refractivity contribution in [1.82, 2.24) is 20.3 Å². The molecule has 9 heteroatoms. The molecule has 166 valence electrons. The number of aromatic nitrogens is 4. The Labute approximate surface area is 191 Å². The van der Waals surface area contributed by atoms with Crippen LogP contribution in [0.5, 0.6) is 0 Å². The van der Waals surface area contributed by atoms with Crippen molar-refractivity contribution in [3.63, 3.8) is 0 Å². The number of pyridine rings is 1. The number of nitrogens with one attached hydrogen (secondary N) is 1. The third kappa shape index (κ3) is 6.87. The van der Waals surface area contributed by atoms with Gasteiger partial charge in [-0.15, -0.1) is 22.0 Å². The first-order valence-corrected chi connectivity index (χ1v) is 12.5. The highest BCUT2D eigenvalue weighted by Gasteiger charge is 2.17. The molecule has 0 unspecified atom stereocenters. The molecule has 0 fully saturated rings. The molecule has 0 radical (unpaired) electrons. The lowest BCUT2D eigenvalue weighted by molar-refractivity contribution is 0.102. The number of aryl methyl sites for hydroxylation is 3. The summed E-state index contributed by atoms with van der Waals surface area (Å²) in [5, 5.41) is 17.4. The van der Waals surface area contributed by atoms with Gasteiger partial charge in [0.2, 0.25) is 5.13 Å². The van der Waals surface area contributed by atoms with E-state index in [0.717, 1.165) is 34.9 Å². The molecule has 0 saturated carbocycles. The average molecular weight is 460 g/mol. The molecule has 0 atom stereocenters. The first-order valence-electron chi connectivity index (χ1n) is 10.7. The summed E-state index contributed by atoms with van der Waals surface area (Å²) in [5.74, 6) is 1.20. The standard InChI is InChI=1S/C22H29N5O2S2/c1-4-5-6-7-8-9-12-19-25-26-22(31-19)24-20(28)17-11-10-13-23-21(17)30-14-18-15(2)27-29-16(18)3/h10-11,13H,4-9,12,14H2,1-3H3,(H,24,26,28). The van der Waals surface area contributed by atoms with E-state index in [9.17, 15) is 4.79 Å². The molecule has 7 nitrogen and oxygen atoms in total. The zero-order chi connectivity index (χ0) is 22.1. The maximum atomic E-state index is 12.8. The third-order valence-corrected chi connectivity index (χ3v) is 6.91. The molecule has 0 spiro atoms. The Kier molecular flexibility index (Phi) is 9.02. The maximum Gasteiger partial charge on any atom is 0.260 e. The first kappa shape index (κ1) is 23.4. The molecular formula is C22H29N5O2S2. The largest absolute Gasteiger partial charge is 0.361 e. The highest BCUT2D eigenvalue weighted by atomic mass is 32.2. The number of hydrogen-bond donors (Lipinski definition) is 1. The molecule has 0 aliphatic heterocycles. The van der Waals surface area contributed by atoms with Crippen LogP contribution >= 0.6 is 23.1 Å². The van der Waals surface area contributed by atoms with E-state index >= 15 is 0 Å². The zero-order valence-electron chi connectivity index (χ0n) is 18.3. The molecule has 3 aromatic heterocycles. The lowest BCUT2D eigenvalue weighted by Crippen LogP contribution is -2.13. The summed E-state index contributed by atoms with van der Waals surface area (Å²) in [7, 11) is 0. The van der Waals surface area contributed by atoms with Gasteiger partial charge in [-0.05, 0) is 32.4 Å². The molecule has 0 saturated heterocycles. The van der Waals surface area contributed by atoms with Crippen LogP contribution in [0.2, 0.25) is 0 Å². The van der Waals surface area contributed by atoms with Crippen molar-refractivity contribution in [2.24, 2.45) is 0 Å². The van der Waals surface area contributed by atoms with Crippen molar-refractivity contribution in [3.8, 4) is 0 Å². The van der Waals surface area contributed by atoms with E-state index in [1.807, 2.05) is 13.8 Å². The van der Waals surface area contributed by atoms with Gasteiger partial charge in [0.1, 0.15) is 15.8 Å². The average Bonchev–Trinajstić information content (AvgIpc) is 3.35. The normalized spacial score (nSPS) is 11.1. The highest BCUT2D eigenvalue weighted by molar-refractivity contribution is 7.98. The van der Waals surface area contributed by atoms with E-state index in [1.54, 1.807) is 18.3 Å². The Balaban J connectivity index is 1.54.